The van der Waals surface area contributed by atoms with Gasteiger partial charge in [-0.1, -0.05) is 29.8 Å². The SMILES string of the molecule is COCCN1Cc2ccccc2N(C(=O)c2ccc(OCCOC(C)=O)cc2Cl)CC1=O. The second-order valence-electron chi connectivity index (χ2n) is 7.16. The van der Waals surface area contributed by atoms with Gasteiger partial charge in [0, 0.05) is 32.8 Å². The van der Waals surface area contributed by atoms with Gasteiger partial charge in [0.2, 0.25) is 5.91 Å². The minimum Gasteiger partial charge on any atom is -0.490 e. The van der Waals surface area contributed by atoms with Crippen LogP contribution in [0.2, 0.25) is 5.02 Å². The first-order valence-electron chi connectivity index (χ1n) is 10.1. The van der Waals surface area contributed by atoms with Gasteiger partial charge >= 0.3 is 5.97 Å². The molecule has 0 saturated heterocycles. The molecule has 1 aliphatic heterocycles. The Morgan fingerprint density at radius 2 is 1.84 bits per heavy atom. The van der Waals surface area contributed by atoms with Crippen molar-refractivity contribution in [1.29, 1.82) is 0 Å². The Balaban J connectivity index is 1.80. The Hall–Kier alpha value is -3.10. The molecule has 9 heteroatoms. The van der Waals surface area contributed by atoms with Gasteiger partial charge in [0.1, 0.15) is 25.5 Å². The van der Waals surface area contributed by atoms with E-state index in [0.29, 0.717) is 31.1 Å². The lowest BCUT2D eigenvalue weighted by Crippen LogP contribution is -2.41. The van der Waals surface area contributed by atoms with Crippen molar-refractivity contribution < 1.29 is 28.6 Å². The van der Waals surface area contributed by atoms with Crippen LogP contribution in [0.25, 0.3) is 0 Å². The van der Waals surface area contributed by atoms with Crippen LogP contribution in [0.4, 0.5) is 5.69 Å². The maximum atomic E-state index is 13.4. The van der Waals surface area contributed by atoms with Gasteiger partial charge in [-0.05, 0) is 29.8 Å². The molecule has 0 aliphatic carbocycles. The molecule has 32 heavy (non-hydrogen) atoms. The molecule has 170 valence electrons. The lowest BCUT2D eigenvalue weighted by molar-refractivity contribution is -0.141. The van der Waals surface area contributed by atoms with E-state index in [2.05, 4.69) is 0 Å². The number of carbonyl (C=O) groups excluding carboxylic acids is 3. The molecular formula is C23H25ClN2O6. The van der Waals surface area contributed by atoms with E-state index in [-0.39, 0.29) is 48.1 Å². The van der Waals surface area contributed by atoms with Crippen LogP contribution in [0.15, 0.2) is 42.5 Å². The Bertz CT molecular complexity index is 996. The van der Waals surface area contributed by atoms with Gasteiger partial charge in [-0.15, -0.1) is 0 Å². The molecule has 8 nitrogen and oxygen atoms in total. The number of benzene rings is 2. The van der Waals surface area contributed by atoms with Gasteiger partial charge in [0.05, 0.1) is 17.2 Å². The number of carbonyl (C=O) groups is 3. The maximum absolute atomic E-state index is 13.4. The third kappa shape index (κ3) is 5.77. The number of amides is 2. The largest absolute Gasteiger partial charge is 0.490 e. The van der Waals surface area contributed by atoms with E-state index in [1.54, 1.807) is 24.1 Å². The van der Waals surface area contributed by atoms with Crippen LogP contribution in [0.3, 0.4) is 0 Å². The van der Waals surface area contributed by atoms with Crippen LogP contribution in [-0.2, 0) is 25.6 Å². The van der Waals surface area contributed by atoms with Crippen LogP contribution >= 0.6 is 11.6 Å². The van der Waals surface area contributed by atoms with E-state index in [4.69, 9.17) is 25.8 Å². The summed E-state index contributed by atoms with van der Waals surface area (Å²) in [6.45, 7) is 2.73. The Morgan fingerprint density at radius 3 is 2.56 bits per heavy atom. The fraction of sp³-hybridized carbons (Fsp3) is 0.348. The fourth-order valence-corrected chi connectivity index (χ4v) is 3.61. The Labute approximate surface area is 191 Å². The van der Waals surface area contributed by atoms with Crippen LogP contribution in [0, 0.1) is 0 Å². The third-order valence-electron chi connectivity index (χ3n) is 4.93. The highest BCUT2D eigenvalue weighted by atomic mass is 35.5. The summed E-state index contributed by atoms with van der Waals surface area (Å²) in [5.74, 6) is -0.499. The first-order valence-corrected chi connectivity index (χ1v) is 10.5. The summed E-state index contributed by atoms with van der Waals surface area (Å²) in [6, 6.07) is 12.1. The Morgan fingerprint density at radius 1 is 1.06 bits per heavy atom. The van der Waals surface area contributed by atoms with Gasteiger partial charge in [-0.3, -0.25) is 19.3 Å². The van der Waals surface area contributed by atoms with E-state index in [0.717, 1.165) is 5.56 Å². The van der Waals surface area contributed by atoms with Gasteiger partial charge in [0.15, 0.2) is 0 Å². The smallest absolute Gasteiger partial charge is 0.302 e. The lowest BCUT2D eigenvalue weighted by atomic mass is 10.1. The molecule has 0 N–H and O–H groups in total. The summed E-state index contributed by atoms with van der Waals surface area (Å²) in [5.41, 5.74) is 1.79. The van der Waals surface area contributed by atoms with Gasteiger partial charge < -0.3 is 19.1 Å². The van der Waals surface area contributed by atoms with E-state index in [1.807, 2.05) is 24.3 Å². The number of hydrogen-bond acceptors (Lipinski definition) is 6. The van der Waals surface area contributed by atoms with Crippen molar-refractivity contribution in [3.8, 4) is 5.75 Å². The van der Waals surface area contributed by atoms with Crippen molar-refractivity contribution in [2.45, 2.75) is 13.5 Å². The van der Waals surface area contributed by atoms with E-state index < -0.39 is 0 Å². The zero-order chi connectivity index (χ0) is 23.1. The average Bonchev–Trinajstić information content (AvgIpc) is 2.91. The highest BCUT2D eigenvalue weighted by molar-refractivity contribution is 6.34. The molecule has 0 atom stereocenters. The summed E-state index contributed by atoms with van der Waals surface area (Å²) in [5, 5.41) is 0.199. The summed E-state index contributed by atoms with van der Waals surface area (Å²) < 4.78 is 15.4. The molecule has 0 fully saturated rings. The van der Waals surface area contributed by atoms with Crippen LogP contribution in [-0.4, -0.2) is 62.7 Å². The van der Waals surface area contributed by atoms with Crippen LogP contribution in [0.1, 0.15) is 22.8 Å². The molecule has 2 amide bonds. The number of ether oxygens (including phenoxy) is 3. The number of halogens is 1. The third-order valence-corrected chi connectivity index (χ3v) is 5.24. The average molecular weight is 461 g/mol. The molecule has 3 rings (SSSR count). The number of rotatable bonds is 8. The lowest BCUT2D eigenvalue weighted by Gasteiger charge is -2.23. The summed E-state index contributed by atoms with van der Waals surface area (Å²) >= 11 is 6.38. The topological polar surface area (TPSA) is 85.4 Å². The molecule has 2 aromatic rings. The number of esters is 1. The second kappa shape index (κ2) is 11.0. The number of nitrogens with zero attached hydrogens (tertiary/aromatic N) is 2. The zero-order valence-corrected chi connectivity index (χ0v) is 18.8. The van der Waals surface area contributed by atoms with Crippen LogP contribution in [0.5, 0.6) is 5.75 Å². The molecule has 0 spiro atoms. The van der Waals surface area contributed by atoms with Gasteiger partial charge in [-0.25, -0.2) is 0 Å². The highest BCUT2D eigenvalue weighted by Crippen LogP contribution is 2.30. The predicted octanol–water partition coefficient (Wildman–Crippen LogP) is 2.92. The molecule has 0 unspecified atom stereocenters. The van der Waals surface area contributed by atoms with E-state index in [1.165, 1.54) is 17.9 Å². The van der Waals surface area contributed by atoms with Crippen molar-refractivity contribution in [3.63, 3.8) is 0 Å². The first kappa shape index (κ1) is 23.6. The molecule has 0 aromatic heterocycles. The molecule has 1 heterocycles. The second-order valence-corrected chi connectivity index (χ2v) is 7.57. The van der Waals surface area contributed by atoms with E-state index in [9.17, 15) is 14.4 Å². The number of fused-ring (bicyclic) bond motifs is 1. The van der Waals surface area contributed by atoms with Crippen molar-refractivity contribution in [2.75, 3.05) is 44.9 Å². The van der Waals surface area contributed by atoms with Gasteiger partial charge in [-0.2, -0.15) is 0 Å². The number of para-hydroxylation sites is 1. The van der Waals surface area contributed by atoms with Crippen molar-refractivity contribution in [3.05, 3.63) is 58.6 Å². The standard InChI is InChI=1S/C23H25ClN2O6/c1-16(27)31-11-12-32-18-7-8-19(20(24)13-18)23(29)26-15-22(28)25(9-10-30-2)14-17-5-3-4-6-21(17)26/h3-8,13H,9-12,14-15H2,1-2H3. The Kier molecular flexibility index (Phi) is 8.08. The minimum atomic E-state index is -0.388. The predicted molar refractivity (Wildman–Crippen MR) is 119 cm³/mol. The quantitative estimate of drug-likeness (QED) is 0.445. The number of anilines is 1. The van der Waals surface area contributed by atoms with E-state index >= 15 is 0 Å². The molecular weight excluding hydrogens is 436 g/mol. The molecule has 0 saturated carbocycles. The zero-order valence-electron chi connectivity index (χ0n) is 18.0. The minimum absolute atomic E-state index is 0.101. The molecule has 1 aliphatic rings. The maximum Gasteiger partial charge on any atom is 0.302 e. The monoisotopic (exact) mass is 460 g/mol. The fourth-order valence-electron chi connectivity index (χ4n) is 3.36. The summed E-state index contributed by atoms with van der Waals surface area (Å²) in [7, 11) is 1.58. The first-order chi connectivity index (χ1) is 15.4. The van der Waals surface area contributed by atoms with Gasteiger partial charge in [0.25, 0.3) is 5.91 Å². The molecule has 0 radical (unpaired) electrons. The molecule has 2 aromatic carbocycles. The highest BCUT2D eigenvalue weighted by Gasteiger charge is 2.30. The summed E-state index contributed by atoms with van der Waals surface area (Å²) in [6.07, 6.45) is 0. The molecule has 0 bridgehead atoms. The van der Waals surface area contributed by atoms with Crippen molar-refractivity contribution in [2.24, 2.45) is 0 Å². The van der Waals surface area contributed by atoms with Crippen LogP contribution < -0.4 is 9.64 Å². The normalized spacial score (nSPS) is 13.4. The van der Waals surface area contributed by atoms with Crippen molar-refractivity contribution in [1.82, 2.24) is 4.90 Å². The van der Waals surface area contributed by atoms with Crippen molar-refractivity contribution >= 4 is 35.1 Å². The summed E-state index contributed by atoms with van der Waals surface area (Å²) in [4.78, 5) is 40.2. The number of methoxy groups -OCH3 is 1. The number of hydrogen-bond donors (Lipinski definition) is 0.